The molecule has 0 aliphatic carbocycles. The van der Waals surface area contributed by atoms with Crippen LogP contribution in [0.3, 0.4) is 0 Å². The van der Waals surface area contributed by atoms with Crippen molar-refractivity contribution in [3.63, 3.8) is 0 Å². The molecule has 0 N–H and O–H groups in total. The third-order valence-corrected chi connectivity index (χ3v) is 0. The van der Waals surface area contributed by atoms with Gasteiger partial charge in [0.15, 0.2) is 0 Å². The van der Waals surface area contributed by atoms with E-state index in [1.165, 1.54) is 0 Å². The summed E-state index contributed by atoms with van der Waals surface area (Å²) in [4.78, 5) is 0. The first kappa shape index (κ1) is 16.4. The van der Waals surface area contributed by atoms with Crippen LogP contribution in [0.25, 0.3) is 0 Å². The van der Waals surface area contributed by atoms with Crippen LogP contribution in [0.5, 0.6) is 0 Å². The molecule has 2 nitrogen and oxygen atoms in total. The van der Waals surface area contributed by atoms with Crippen LogP contribution in [0, 0.1) is 0 Å². The van der Waals surface area contributed by atoms with Gasteiger partial charge in [-0.2, -0.15) is 0 Å². The zero-order valence-corrected chi connectivity index (χ0v) is 4.68. The molecule has 0 aliphatic heterocycles. The van der Waals surface area contributed by atoms with Crippen molar-refractivity contribution in [2.24, 2.45) is 0 Å². The van der Waals surface area contributed by atoms with E-state index in [2.05, 4.69) is 15.4 Å². The topological polar surface area (TPSA) is 34.1 Å². The Morgan fingerprint density at radius 3 is 1.40 bits per heavy atom. The van der Waals surface area contributed by atoms with E-state index in [-0.39, 0.29) is 20.3 Å². The fraction of sp³-hybridized carbons (Fsp3) is 0. The summed E-state index contributed by atoms with van der Waals surface area (Å²) in [5.74, 6) is 0. The molecule has 31 valence electrons. The number of hydrogen-bond donors (Lipinski definition) is 0. The molecule has 0 bridgehead atoms. The molecule has 0 aromatic rings. The molecular formula is HLiMnNiO2. The Bertz CT molecular complexity index is 15.5. The van der Waals surface area contributed by atoms with Gasteiger partial charge in [0.05, 0.1) is 0 Å². The first-order valence-electron chi connectivity index (χ1n) is 0.283. The van der Waals surface area contributed by atoms with E-state index in [0.717, 1.165) is 0 Å². The summed E-state index contributed by atoms with van der Waals surface area (Å²) >= 11 is 4.31. The zero-order valence-electron chi connectivity index (χ0n) is 3.51. The van der Waals surface area contributed by atoms with E-state index in [9.17, 15) is 0 Å². The third kappa shape index (κ3) is 36.7. The molecule has 0 spiro atoms. The summed E-state index contributed by atoms with van der Waals surface area (Å²) in [6, 6.07) is 0. The molecule has 0 fully saturated rings. The minimum atomic E-state index is 0. The van der Waals surface area contributed by atoms with Crippen LogP contribution in [0.1, 0.15) is 1.43 Å². The molecule has 0 heterocycles. The van der Waals surface area contributed by atoms with E-state index >= 15 is 0 Å². The quantitative estimate of drug-likeness (QED) is 0.345. The Morgan fingerprint density at radius 1 is 1.40 bits per heavy atom. The van der Waals surface area contributed by atoms with Crippen molar-refractivity contribution in [2.75, 3.05) is 0 Å². The fourth-order valence-corrected chi connectivity index (χ4v) is 0. The van der Waals surface area contributed by atoms with Gasteiger partial charge in [0.1, 0.15) is 0 Å². The Morgan fingerprint density at radius 2 is 1.40 bits per heavy atom. The molecule has 0 aromatic heterocycles. The van der Waals surface area contributed by atoms with Crippen LogP contribution in [0.15, 0.2) is 0 Å². The van der Waals surface area contributed by atoms with Crippen molar-refractivity contribution in [1.82, 2.24) is 0 Å². The first-order valence-corrected chi connectivity index (χ1v) is 1.17. The maximum absolute atomic E-state index is 8.06. The van der Waals surface area contributed by atoms with Gasteiger partial charge in [-0.1, -0.05) is 0 Å². The Balaban J connectivity index is -0.00000000500. The van der Waals surface area contributed by atoms with E-state index in [0.29, 0.717) is 0 Å². The van der Waals surface area contributed by atoms with E-state index in [4.69, 9.17) is 7.73 Å². The van der Waals surface area contributed by atoms with Gasteiger partial charge in [-0.25, -0.2) is 0 Å². The van der Waals surface area contributed by atoms with Gasteiger partial charge in [-0.05, 0) is 0 Å². The maximum atomic E-state index is 8.06. The fourth-order valence-electron chi connectivity index (χ4n) is 0. The Kier molecular flexibility index (Phi) is 206. The molecule has 0 amide bonds. The van der Waals surface area contributed by atoms with Crippen molar-refractivity contribution in [2.45, 2.75) is 0 Å². The van der Waals surface area contributed by atoms with Gasteiger partial charge in [-0.15, -0.1) is 0 Å². The molecule has 0 rings (SSSR count). The standard InChI is InChI=1S/Li.Mn.Ni.2O.H/q+1;;;;;-1. The van der Waals surface area contributed by atoms with Crippen molar-refractivity contribution in [3.05, 3.63) is 0 Å². The van der Waals surface area contributed by atoms with Crippen LogP contribution in [0.2, 0.25) is 0 Å². The Labute approximate surface area is 59.3 Å². The molecule has 0 unspecified atom stereocenters. The monoisotopic (exact) mass is 153 g/mol. The van der Waals surface area contributed by atoms with E-state index in [1.807, 2.05) is 0 Å². The molecule has 0 atom stereocenters. The normalized spacial score (nSPS) is 2.00. The van der Waals surface area contributed by atoms with Gasteiger partial charge in [0, 0.05) is 0 Å². The van der Waals surface area contributed by atoms with Crippen molar-refractivity contribution < 1.29 is 59.4 Å². The van der Waals surface area contributed by atoms with E-state index < -0.39 is 0 Å². The summed E-state index contributed by atoms with van der Waals surface area (Å²) < 4.78 is 15.9. The molecule has 0 saturated carbocycles. The summed E-state index contributed by atoms with van der Waals surface area (Å²) in [5.41, 5.74) is 0. The van der Waals surface area contributed by atoms with Crippen LogP contribution >= 0.6 is 0 Å². The summed E-state index contributed by atoms with van der Waals surface area (Å²) in [6.07, 6.45) is 0. The van der Waals surface area contributed by atoms with E-state index in [1.54, 1.807) is 15.9 Å². The molecule has 0 saturated heterocycles. The van der Waals surface area contributed by atoms with Gasteiger partial charge in [0.2, 0.25) is 0 Å². The summed E-state index contributed by atoms with van der Waals surface area (Å²) in [7, 11) is 0. The van der Waals surface area contributed by atoms with Crippen LogP contribution in [-0.4, -0.2) is 0 Å². The molecule has 0 aromatic carbocycles. The van der Waals surface area contributed by atoms with Gasteiger partial charge in [-0.3, -0.25) is 0 Å². The second kappa shape index (κ2) is 63.0. The first-order chi connectivity index (χ1) is 2.00. The van der Waals surface area contributed by atoms with Crippen LogP contribution < -0.4 is 18.9 Å². The van der Waals surface area contributed by atoms with Crippen molar-refractivity contribution >= 4 is 0 Å². The number of hydrogen-bond acceptors (Lipinski definition) is 2. The predicted octanol–water partition coefficient (Wildman–Crippen LogP) is -3.13. The van der Waals surface area contributed by atoms with Crippen molar-refractivity contribution in [3.8, 4) is 0 Å². The summed E-state index contributed by atoms with van der Waals surface area (Å²) in [6.45, 7) is 0. The van der Waals surface area contributed by atoms with Gasteiger partial charge >= 0.3 is 57.9 Å². The molecule has 0 radical (unpaired) electrons. The minimum absolute atomic E-state index is 0. The zero-order chi connectivity index (χ0) is 4.00. The third-order valence-electron chi connectivity index (χ3n) is 0. The average molecular weight is 154 g/mol. The second-order valence-corrected chi connectivity index (χ2v) is 0. The van der Waals surface area contributed by atoms with Crippen LogP contribution in [-0.2, 0) is 39.1 Å². The van der Waals surface area contributed by atoms with Crippen molar-refractivity contribution in [1.29, 1.82) is 0 Å². The number of rotatable bonds is 0. The molecule has 5 heavy (non-hydrogen) atoms. The Hall–Kier alpha value is 1.21. The molecular weight excluding hydrogens is 153 g/mol. The van der Waals surface area contributed by atoms with Crippen LogP contribution in [0.4, 0.5) is 0 Å². The van der Waals surface area contributed by atoms with Gasteiger partial charge in [0.25, 0.3) is 0 Å². The van der Waals surface area contributed by atoms with Gasteiger partial charge < -0.3 is 1.43 Å². The predicted molar refractivity (Wildman–Crippen MR) is 2.49 cm³/mol. The average Bonchev–Trinajstić information content (AvgIpc) is 1.50. The second-order valence-electron chi connectivity index (χ2n) is 0. The molecule has 5 heteroatoms. The SMILES string of the molecule is [H-].[Li+].[O]=[Mn].[O]=[Ni]. The molecule has 0 aliphatic rings. The summed E-state index contributed by atoms with van der Waals surface area (Å²) in [5, 5.41) is 0.